The van der Waals surface area contributed by atoms with Crippen molar-refractivity contribution in [2.24, 2.45) is 5.92 Å². The third kappa shape index (κ3) is 3.61. The molecular formula is C19H26N2O3. The first-order valence-electron chi connectivity index (χ1n) is 8.79. The summed E-state index contributed by atoms with van der Waals surface area (Å²) in [5, 5.41) is 0. The summed E-state index contributed by atoms with van der Waals surface area (Å²) in [6.07, 6.45) is 2.45. The zero-order valence-corrected chi connectivity index (χ0v) is 14.5. The fourth-order valence-corrected chi connectivity index (χ4v) is 3.86. The second-order valence-electron chi connectivity index (χ2n) is 6.87. The predicted octanol–water partition coefficient (Wildman–Crippen LogP) is 2.10. The Morgan fingerprint density at radius 3 is 2.54 bits per heavy atom. The molecule has 3 fully saturated rings. The lowest BCUT2D eigenvalue weighted by molar-refractivity contribution is -0.147. The number of Topliss-reactive ketones (excluding diaryl/α,β-unsaturated/α-hetero) is 1. The van der Waals surface area contributed by atoms with Gasteiger partial charge in [-0.15, -0.1) is 0 Å². The van der Waals surface area contributed by atoms with Crippen LogP contribution in [0.5, 0.6) is 5.75 Å². The Morgan fingerprint density at radius 1 is 1.12 bits per heavy atom. The number of benzene rings is 1. The summed E-state index contributed by atoms with van der Waals surface area (Å²) in [6.45, 7) is 5.21. The minimum absolute atomic E-state index is 0.171. The number of fused-ring (bicyclic) bond motifs is 4. The molecule has 5 heteroatoms. The maximum Gasteiger partial charge on any atom is 0.290 e. The molecule has 0 radical (unpaired) electrons. The normalized spacial score (nSPS) is 23.8. The third-order valence-corrected chi connectivity index (χ3v) is 5.17. The van der Waals surface area contributed by atoms with Crippen LogP contribution in [0.25, 0.3) is 0 Å². The number of hydrogen-bond donors (Lipinski definition) is 0. The van der Waals surface area contributed by atoms with Gasteiger partial charge >= 0.3 is 0 Å². The molecule has 24 heavy (non-hydrogen) atoms. The van der Waals surface area contributed by atoms with E-state index in [0.29, 0.717) is 12.3 Å². The monoisotopic (exact) mass is 330 g/mol. The molecule has 0 saturated carbocycles. The summed E-state index contributed by atoms with van der Waals surface area (Å²) in [5.41, 5.74) is 1.25. The quantitative estimate of drug-likeness (QED) is 0.776. The molecule has 0 N–H and O–H groups in total. The average molecular weight is 330 g/mol. The molecule has 3 saturated heterocycles. The van der Waals surface area contributed by atoms with Crippen LogP contribution in [0.4, 0.5) is 0 Å². The van der Waals surface area contributed by atoms with Crippen LogP contribution in [0, 0.1) is 5.92 Å². The van der Waals surface area contributed by atoms with Gasteiger partial charge in [-0.05, 0) is 36.5 Å². The molecule has 3 heterocycles. The third-order valence-electron chi connectivity index (χ3n) is 5.17. The zero-order chi connectivity index (χ0) is 17.1. The number of ether oxygens (including phenoxy) is 1. The average Bonchev–Trinajstić information content (AvgIpc) is 2.91. The first-order valence-corrected chi connectivity index (χ1v) is 8.79. The highest BCUT2D eigenvalue weighted by molar-refractivity contribution is 6.36. The lowest BCUT2D eigenvalue weighted by Crippen LogP contribution is -2.49. The number of carbonyl (C=O) groups is 2. The van der Waals surface area contributed by atoms with Gasteiger partial charge in [0, 0.05) is 38.6 Å². The molecule has 0 spiro atoms. The summed E-state index contributed by atoms with van der Waals surface area (Å²) in [5.74, 6) is 0.794. The lowest BCUT2D eigenvalue weighted by Gasteiger charge is -2.35. The Bertz CT molecular complexity index is 599. The summed E-state index contributed by atoms with van der Waals surface area (Å²) in [4.78, 5) is 28.4. The van der Waals surface area contributed by atoms with Crippen LogP contribution in [0.15, 0.2) is 24.3 Å². The van der Waals surface area contributed by atoms with Gasteiger partial charge in [0.05, 0.1) is 7.11 Å². The summed E-state index contributed by atoms with van der Waals surface area (Å²) < 4.78 is 5.21. The van der Waals surface area contributed by atoms with E-state index in [-0.39, 0.29) is 17.7 Å². The summed E-state index contributed by atoms with van der Waals surface area (Å²) in [7, 11) is 1.67. The van der Waals surface area contributed by atoms with Gasteiger partial charge in [-0.2, -0.15) is 0 Å². The van der Waals surface area contributed by atoms with Crippen molar-refractivity contribution in [3.8, 4) is 5.75 Å². The van der Waals surface area contributed by atoms with Crippen LogP contribution >= 0.6 is 0 Å². The van der Waals surface area contributed by atoms with E-state index >= 15 is 0 Å². The topological polar surface area (TPSA) is 49.9 Å². The molecule has 3 aliphatic rings. The number of ketones is 1. The van der Waals surface area contributed by atoms with Gasteiger partial charge < -0.3 is 9.64 Å². The molecule has 130 valence electrons. The van der Waals surface area contributed by atoms with Crippen molar-refractivity contribution in [3.05, 3.63) is 29.8 Å². The van der Waals surface area contributed by atoms with E-state index in [1.165, 1.54) is 5.56 Å². The maximum absolute atomic E-state index is 12.4. The van der Waals surface area contributed by atoms with Crippen LogP contribution in [-0.2, 0) is 16.1 Å². The predicted molar refractivity (Wildman–Crippen MR) is 91.8 cm³/mol. The summed E-state index contributed by atoms with van der Waals surface area (Å²) in [6, 6.07) is 8.32. The van der Waals surface area contributed by atoms with Crippen molar-refractivity contribution in [2.75, 3.05) is 26.7 Å². The van der Waals surface area contributed by atoms with E-state index in [4.69, 9.17) is 4.74 Å². The molecule has 0 aromatic heterocycles. The second-order valence-corrected chi connectivity index (χ2v) is 6.87. The highest BCUT2D eigenvalue weighted by atomic mass is 16.5. The lowest BCUT2D eigenvalue weighted by atomic mass is 9.94. The number of carbonyl (C=O) groups excluding carboxylic acids is 2. The summed E-state index contributed by atoms with van der Waals surface area (Å²) >= 11 is 0. The van der Waals surface area contributed by atoms with Gasteiger partial charge in [-0.3, -0.25) is 14.5 Å². The fourth-order valence-electron chi connectivity index (χ4n) is 3.86. The van der Waals surface area contributed by atoms with Crippen molar-refractivity contribution >= 4 is 11.7 Å². The van der Waals surface area contributed by atoms with E-state index in [9.17, 15) is 9.59 Å². The molecule has 0 unspecified atom stereocenters. The Morgan fingerprint density at radius 2 is 1.88 bits per heavy atom. The SMILES string of the molecule is CCC(=O)C(=O)N1C[C@H]2CC[C@@H]1CN(Cc1ccc(OC)cc1)C2. The largest absolute Gasteiger partial charge is 0.497 e. The van der Waals surface area contributed by atoms with E-state index in [1.54, 1.807) is 14.0 Å². The fraction of sp³-hybridized carbons (Fsp3) is 0.579. The highest BCUT2D eigenvalue weighted by Gasteiger charge is 2.38. The first kappa shape index (κ1) is 17.0. The van der Waals surface area contributed by atoms with E-state index in [2.05, 4.69) is 17.0 Å². The van der Waals surface area contributed by atoms with Crippen LogP contribution in [0.2, 0.25) is 0 Å². The smallest absolute Gasteiger partial charge is 0.290 e. The van der Waals surface area contributed by atoms with Crippen LogP contribution < -0.4 is 4.74 Å². The number of nitrogens with zero attached hydrogens (tertiary/aromatic N) is 2. The molecule has 2 bridgehead atoms. The standard InChI is InChI=1S/C19H26N2O3/c1-3-18(22)19(23)21-12-15-4-7-16(21)13-20(11-15)10-14-5-8-17(24-2)9-6-14/h5-6,8-9,15-16H,3-4,7,10-13H2,1-2H3/t15-,16+/m0/s1. The Labute approximate surface area is 143 Å². The van der Waals surface area contributed by atoms with Crippen molar-refractivity contribution < 1.29 is 14.3 Å². The molecule has 4 rings (SSSR count). The molecule has 1 amide bonds. The van der Waals surface area contributed by atoms with Gasteiger partial charge in [0.25, 0.3) is 5.91 Å². The minimum atomic E-state index is -0.279. The van der Waals surface area contributed by atoms with Gasteiger partial charge in [-0.25, -0.2) is 0 Å². The van der Waals surface area contributed by atoms with E-state index in [0.717, 1.165) is 44.8 Å². The molecule has 2 atom stereocenters. The van der Waals surface area contributed by atoms with Gasteiger partial charge in [-0.1, -0.05) is 19.1 Å². The maximum atomic E-state index is 12.4. The molecular weight excluding hydrogens is 304 g/mol. The van der Waals surface area contributed by atoms with Crippen molar-refractivity contribution in [3.63, 3.8) is 0 Å². The van der Waals surface area contributed by atoms with E-state index < -0.39 is 0 Å². The van der Waals surface area contributed by atoms with Gasteiger partial charge in [0.15, 0.2) is 0 Å². The highest BCUT2D eigenvalue weighted by Crippen LogP contribution is 2.29. The number of amides is 1. The molecule has 1 aromatic rings. The number of rotatable bonds is 5. The van der Waals surface area contributed by atoms with Crippen LogP contribution in [-0.4, -0.2) is 54.3 Å². The zero-order valence-electron chi connectivity index (χ0n) is 14.5. The first-order chi connectivity index (χ1) is 11.6. The number of methoxy groups -OCH3 is 1. The Balaban J connectivity index is 1.68. The molecule has 3 aliphatic heterocycles. The van der Waals surface area contributed by atoms with E-state index in [1.807, 2.05) is 17.0 Å². The molecule has 1 aromatic carbocycles. The second kappa shape index (κ2) is 7.34. The number of piperidine rings is 1. The molecule has 0 aliphatic carbocycles. The molecule has 5 nitrogen and oxygen atoms in total. The van der Waals surface area contributed by atoms with Crippen molar-refractivity contribution in [1.82, 2.24) is 9.80 Å². The number of hydrogen-bond acceptors (Lipinski definition) is 4. The van der Waals surface area contributed by atoms with Gasteiger partial charge in [0.2, 0.25) is 5.78 Å². The Hall–Kier alpha value is -1.88. The van der Waals surface area contributed by atoms with Gasteiger partial charge in [0.1, 0.15) is 5.75 Å². The minimum Gasteiger partial charge on any atom is -0.497 e. The van der Waals surface area contributed by atoms with Crippen molar-refractivity contribution in [1.29, 1.82) is 0 Å². The van der Waals surface area contributed by atoms with Crippen molar-refractivity contribution in [2.45, 2.75) is 38.8 Å². The van der Waals surface area contributed by atoms with Crippen LogP contribution in [0.3, 0.4) is 0 Å². The Kier molecular flexibility index (Phi) is 5.19. The van der Waals surface area contributed by atoms with Crippen LogP contribution in [0.1, 0.15) is 31.7 Å².